The summed E-state index contributed by atoms with van der Waals surface area (Å²) in [6.07, 6.45) is -0.245. The summed E-state index contributed by atoms with van der Waals surface area (Å²) in [6.45, 7) is 4.87. The molecule has 1 atom stereocenters. The van der Waals surface area contributed by atoms with Gasteiger partial charge in [-0.25, -0.2) is 13.1 Å². The van der Waals surface area contributed by atoms with Gasteiger partial charge in [0.1, 0.15) is 29.1 Å². The molecule has 0 heterocycles. The van der Waals surface area contributed by atoms with E-state index in [1.165, 1.54) is 0 Å². The molecule has 0 radical (unpaired) electrons. The number of non-ortho nitro benzene ring substituents is 1. The van der Waals surface area contributed by atoms with Crippen LogP contribution >= 0.6 is 0 Å². The third kappa shape index (κ3) is 7.43. The predicted octanol–water partition coefficient (Wildman–Crippen LogP) is 2.75. The van der Waals surface area contributed by atoms with E-state index in [2.05, 4.69) is 4.72 Å². The molecule has 172 valence electrons. The molecule has 2 aromatic rings. The monoisotopic (exact) mass is 464 g/mol. The van der Waals surface area contributed by atoms with Crippen LogP contribution in [0.3, 0.4) is 0 Å². The van der Waals surface area contributed by atoms with Crippen molar-refractivity contribution in [3.8, 4) is 5.75 Å². The fourth-order valence-corrected chi connectivity index (χ4v) is 3.92. The number of carbonyl (C=O) groups excluding carboxylic acids is 2. The predicted molar refractivity (Wildman–Crippen MR) is 115 cm³/mol. The molecule has 32 heavy (non-hydrogen) atoms. The first-order valence-corrected chi connectivity index (χ1v) is 11.0. The van der Waals surface area contributed by atoms with Crippen LogP contribution in [-0.2, 0) is 31.0 Å². The second-order valence-electron chi connectivity index (χ2n) is 7.82. The van der Waals surface area contributed by atoms with Gasteiger partial charge in [-0.1, -0.05) is 30.3 Å². The van der Waals surface area contributed by atoms with Crippen LogP contribution < -0.4 is 9.46 Å². The molecule has 0 aliphatic heterocycles. The van der Waals surface area contributed by atoms with Crippen molar-refractivity contribution in [1.29, 1.82) is 0 Å². The van der Waals surface area contributed by atoms with Crippen molar-refractivity contribution in [2.24, 2.45) is 0 Å². The van der Waals surface area contributed by atoms with Crippen molar-refractivity contribution in [1.82, 2.24) is 4.72 Å². The first-order chi connectivity index (χ1) is 14.9. The van der Waals surface area contributed by atoms with Crippen LogP contribution in [0.2, 0.25) is 0 Å². The number of sulfonamides is 1. The first-order valence-electron chi connectivity index (χ1n) is 9.56. The van der Waals surface area contributed by atoms with Gasteiger partial charge in [-0.2, -0.15) is 0 Å². The maximum atomic E-state index is 12.9. The summed E-state index contributed by atoms with van der Waals surface area (Å²) < 4.78 is 38.6. The van der Waals surface area contributed by atoms with Crippen LogP contribution in [0, 0.1) is 10.1 Å². The van der Waals surface area contributed by atoms with E-state index in [-0.39, 0.29) is 24.3 Å². The van der Waals surface area contributed by atoms with Crippen LogP contribution in [0.15, 0.2) is 53.4 Å². The van der Waals surface area contributed by atoms with Gasteiger partial charge >= 0.3 is 5.97 Å². The van der Waals surface area contributed by atoms with Gasteiger partial charge in [0.05, 0.1) is 23.5 Å². The van der Waals surface area contributed by atoms with E-state index in [4.69, 9.17) is 9.47 Å². The zero-order valence-corrected chi connectivity index (χ0v) is 18.6. The number of nitrogens with zero attached hydrogens (tertiary/aromatic N) is 1. The fourth-order valence-electron chi connectivity index (χ4n) is 2.62. The van der Waals surface area contributed by atoms with E-state index in [1.807, 2.05) is 0 Å². The van der Waals surface area contributed by atoms with Crippen LogP contribution in [-0.4, -0.2) is 37.2 Å². The fraction of sp³-hybridized carbons (Fsp3) is 0.333. The topological polar surface area (TPSA) is 142 Å². The van der Waals surface area contributed by atoms with E-state index in [0.29, 0.717) is 5.56 Å². The van der Waals surface area contributed by atoms with E-state index in [0.717, 1.165) is 18.2 Å². The second-order valence-corrected chi connectivity index (χ2v) is 9.50. The molecule has 0 spiro atoms. The average Bonchev–Trinajstić information content (AvgIpc) is 2.70. The molecular formula is C21H24N2O8S. The molecule has 10 nitrogen and oxygen atoms in total. The molecule has 2 aromatic carbocycles. The highest BCUT2D eigenvalue weighted by Crippen LogP contribution is 2.29. The molecule has 0 fully saturated rings. The molecule has 0 saturated heterocycles. The van der Waals surface area contributed by atoms with Crippen molar-refractivity contribution >= 4 is 28.0 Å². The van der Waals surface area contributed by atoms with Crippen molar-refractivity contribution in [3.63, 3.8) is 0 Å². The average molecular weight is 464 g/mol. The second kappa shape index (κ2) is 10.3. The largest absolute Gasteiger partial charge is 0.487 e. The Labute approximate surface area is 185 Å². The van der Waals surface area contributed by atoms with Gasteiger partial charge in [-0.3, -0.25) is 14.9 Å². The van der Waals surface area contributed by atoms with Gasteiger partial charge in [0.25, 0.3) is 5.69 Å². The Morgan fingerprint density at radius 3 is 2.41 bits per heavy atom. The molecule has 0 unspecified atom stereocenters. The minimum absolute atomic E-state index is 0.0421. The van der Waals surface area contributed by atoms with E-state index in [1.54, 1.807) is 51.1 Å². The zero-order chi connectivity index (χ0) is 23.9. The number of carbonyl (C=O) groups is 2. The number of nitrogens with one attached hydrogen (secondary N) is 1. The van der Waals surface area contributed by atoms with Crippen LogP contribution in [0.1, 0.15) is 32.8 Å². The van der Waals surface area contributed by atoms with Crippen molar-refractivity contribution in [3.05, 3.63) is 64.2 Å². The summed E-state index contributed by atoms with van der Waals surface area (Å²) in [4.78, 5) is 33.4. The van der Waals surface area contributed by atoms with Crippen LogP contribution in [0.5, 0.6) is 5.75 Å². The Balaban J connectivity index is 2.28. The molecule has 0 bridgehead atoms. The Morgan fingerprint density at radius 1 is 1.19 bits per heavy atom. The van der Waals surface area contributed by atoms with E-state index < -0.39 is 43.9 Å². The lowest BCUT2D eigenvalue weighted by molar-refractivity contribution is -0.385. The van der Waals surface area contributed by atoms with Gasteiger partial charge in [-0.15, -0.1) is 0 Å². The summed E-state index contributed by atoms with van der Waals surface area (Å²) in [5, 5.41) is 11.1. The molecule has 0 amide bonds. The highest BCUT2D eigenvalue weighted by molar-refractivity contribution is 7.89. The first kappa shape index (κ1) is 25.0. The summed E-state index contributed by atoms with van der Waals surface area (Å²) in [5.41, 5.74) is -0.459. The van der Waals surface area contributed by atoms with E-state index >= 15 is 0 Å². The minimum Gasteiger partial charge on any atom is -0.487 e. The number of nitro benzene ring substituents is 1. The van der Waals surface area contributed by atoms with Gasteiger partial charge in [-0.05, 0) is 32.4 Å². The Morgan fingerprint density at radius 2 is 1.84 bits per heavy atom. The van der Waals surface area contributed by atoms with Crippen molar-refractivity contribution in [2.45, 2.75) is 50.3 Å². The van der Waals surface area contributed by atoms with Gasteiger partial charge < -0.3 is 14.3 Å². The molecule has 11 heteroatoms. The van der Waals surface area contributed by atoms with Crippen molar-refractivity contribution < 1.29 is 32.4 Å². The Hall–Kier alpha value is -3.31. The Bertz CT molecular complexity index is 1080. The molecular weight excluding hydrogens is 440 g/mol. The van der Waals surface area contributed by atoms with Gasteiger partial charge in [0, 0.05) is 6.07 Å². The number of ether oxygens (including phenoxy) is 2. The normalized spacial score (nSPS) is 12.6. The van der Waals surface area contributed by atoms with Gasteiger partial charge in [0.2, 0.25) is 10.0 Å². The maximum Gasteiger partial charge on any atom is 0.308 e. The van der Waals surface area contributed by atoms with Crippen LogP contribution in [0.25, 0.3) is 0 Å². The third-order valence-corrected chi connectivity index (χ3v) is 5.47. The molecule has 1 N–H and O–H groups in total. The maximum absolute atomic E-state index is 12.9. The number of nitro groups is 1. The molecule has 0 aliphatic carbocycles. The summed E-state index contributed by atoms with van der Waals surface area (Å²) in [7, 11) is -4.38. The quantitative estimate of drug-likeness (QED) is 0.245. The number of rotatable bonds is 10. The number of esters is 1. The highest BCUT2D eigenvalue weighted by atomic mass is 32.2. The molecule has 2 rings (SSSR count). The third-order valence-electron chi connectivity index (χ3n) is 3.94. The summed E-state index contributed by atoms with van der Waals surface area (Å²) >= 11 is 0. The summed E-state index contributed by atoms with van der Waals surface area (Å²) in [6, 6.07) is 10.4. The van der Waals surface area contributed by atoms with Crippen LogP contribution in [0.4, 0.5) is 5.69 Å². The van der Waals surface area contributed by atoms with Crippen molar-refractivity contribution in [2.75, 3.05) is 0 Å². The molecule has 0 saturated carbocycles. The number of benzene rings is 2. The number of hydrogen-bond donors (Lipinski definition) is 1. The Kier molecular flexibility index (Phi) is 8.06. The lowest BCUT2D eigenvalue weighted by Crippen LogP contribution is -2.39. The SMILES string of the molecule is CC(C)(C)OC(=O)C[C@@H](C=O)NS(=O)(=O)c1ccc([N+](=O)[O-])cc1OCc1ccccc1. The molecule has 0 aliphatic rings. The number of aldehydes is 1. The molecule has 0 aromatic heterocycles. The lowest BCUT2D eigenvalue weighted by Gasteiger charge is -2.21. The number of hydrogen-bond acceptors (Lipinski definition) is 8. The van der Waals surface area contributed by atoms with Gasteiger partial charge in [0.15, 0.2) is 0 Å². The van der Waals surface area contributed by atoms with E-state index in [9.17, 15) is 28.1 Å². The minimum atomic E-state index is -4.38. The standard InChI is InChI=1S/C21H24N2O8S/c1-21(2,3)31-20(25)11-16(13-24)22-32(28,29)19-10-9-17(23(26)27)12-18(19)30-14-15-7-5-4-6-8-15/h4-10,12-13,16,22H,11,14H2,1-3H3/t16-/m0/s1. The lowest BCUT2D eigenvalue weighted by atomic mass is 10.2. The highest BCUT2D eigenvalue weighted by Gasteiger charge is 2.28. The zero-order valence-electron chi connectivity index (χ0n) is 17.8. The smallest absolute Gasteiger partial charge is 0.308 e. The summed E-state index contributed by atoms with van der Waals surface area (Å²) in [5.74, 6) is -1.03.